The molecule has 0 aliphatic heterocycles. The van der Waals surface area contributed by atoms with Gasteiger partial charge in [0.15, 0.2) is 5.65 Å². The lowest BCUT2D eigenvalue weighted by atomic mass is 10.3. The Morgan fingerprint density at radius 2 is 2.47 bits per heavy atom. The lowest BCUT2D eigenvalue weighted by Crippen LogP contribution is -2.13. The molecule has 0 saturated heterocycles. The van der Waals surface area contributed by atoms with Gasteiger partial charge in [-0.15, -0.1) is 6.58 Å². The van der Waals surface area contributed by atoms with E-state index in [1.54, 1.807) is 24.4 Å². The van der Waals surface area contributed by atoms with E-state index in [-0.39, 0.29) is 5.56 Å². The van der Waals surface area contributed by atoms with Crippen LogP contribution >= 0.6 is 0 Å². The summed E-state index contributed by atoms with van der Waals surface area (Å²) >= 11 is 0. The van der Waals surface area contributed by atoms with Crippen molar-refractivity contribution in [1.82, 2.24) is 15.0 Å². The first kappa shape index (κ1) is 9.39. The molecule has 5 heteroatoms. The quantitative estimate of drug-likeness (QED) is 0.726. The Morgan fingerprint density at radius 1 is 1.60 bits per heavy atom. The van der Waals surface area contributed by atoms with Gasteiger partial charge in [0.2, 0.25) is 5.95 Å². The van der Waals surface area contributed by atoms with Crippen LogP contribution in [-0.2, 0) is 0 Å². The minimum Gasteiger partial charge on any atom is -0.352 e. The number of rotatable bonds is 3. The van der Waals surface area contributed by atoms with Crippen molar-refractivity contribution in [2.24, 2.45) is 0 Å². The predicted octanol–water partition coefficient (Wildman–Crippen LogP) is 0.916. The van der Waals surface area contributed by atoms with E-state index in [0.29, 0.717) is 23.5 Å². The highest BCUT2D eigenvalue weighted by Crippen LogP contribution is 2.04. The van der Waals surface area contributed by atoms with E-state index in [2.05, 4.69) is 26.8 Å². The van der Waals surface area contributed by atoms with Crippen LogP contribution in [0.5, 0.6) is 0 Å². The second-order valence-electron chi connectivity index (χ2n) is 2.96. The molecule has 76 valence electrons. The summed E-state index contributed by atoms with van der Waals surface area (Å²) in [6.07, 6.45) is 3.29. The van der Waals surface area contributed by atoms with E-state index in [0.717, 1.165) is 0 Å². The summed E-state index contributed by atoms with van der Waals surface area (Å²) < 4.78 is 0. The van der Waals surface area contributed by atoms with Gasteiger partial charge >= 0.3 is 0 Å². The molecular weight excluding hydrogens is 192 g/mol. The van der Waals surface area contributed by atoms with Crippen LogP contribution in [0.3, 0.4) is 0 Å². The van der Waals surface area contributed by atoms with Crippen molar-refractivity contribution in [3.05, 3.63) is 41.3 Å². The van der Waals surface area contributed by atoms with E-state index in [9.17, 15) is 4.79 Å². The van der Waals surface area contributed by atoms with Crippen molar-refractivity contribution in [2.75, 3.05) is 11.9 Å². The first-order valence-corrected chi connectivity index (χ1v) is 4.51. The van der Waals surface area contributed by atoms with Crippen LogP contribution in [0.15, 0.2) is 35.8 Å². The Hall–Kier alpha value is -2.17. The summed E-state index contributed by atoms with van der Waals surface area (Å²) in [6, 6.07) is 3.39. The molecule has 15 heavy (non-hydrogen) atoms. The third-order valence-electron chi connectivity index (χ3n) is 1.89. The number of hydrogen-bond donors (Lipinski definition) is 2. The van der Waals surface area contributed by atoms with Crippen LogP contribution in [0.25, 0.3) is 11.0 Å². The lowest BCUT2D eigenvalue weighted by Gasteiger charge is -2.02. The second-order valence-corrected chi connectivity index (χ2v) is 2.96. The number of anilines is 1. The van der Waals surface area contributed by atoms with Gasteiger partial charge in [-0.1, -0.05) is 6.08 Å². The first-order chi connectivity index (χ1) is 7.31. The summed E-state index contributed by atoms with van der Waals surface area (Å²) in [6.45, 7) is 4.11. The normalized spacial score (nSPS) is 10.1. The van der Waals surface area contributed by atoms with E-state index in [1.807, 2.05) is 0 Å². The Labute approximate surface area is 85.9 Å². The number of nitrogens with zero attached hydrogens (tertiary/aromatic N) is 2. The maximum absolute atomic E-state index is 11.6. The molecule has 2 aromatic heterocycles. The zero-order chi connectivity index (χ0) is 10.7. The third-order valence-corrected chi connectivity index (χ3v) is 1.89. The molecule has 2 heterocycles. The van der Waals surface area contributed by atoms with Crippen LogP contribution in [0, 0.1) is 0 Å². The number of pyridine rings is 1. The van der Waals surface area contributed by atoms with E-state index < -0.39 is 0 Å². The monoisotopic (exact) mass is 202 g/mol. The molecule has 0 radical (unpaired) electrons. The number of aromatic nitrogens is 3. The standard InChI is InChI=1S/C10H10N4O/c1-2-5-12-10-13-8-7(9(15)14-10)4-3-6-11-8/h2-4,6H,1,5H2,(H2,11,12,13,14,15). The molecule has 0 saturated carbocycles. The zero-order valence-corrected chi connectivity index (χ0v) is 8.03. The largest absolute Gasteiger partial charge is 0.352 e. The van der Waals surface area contributed by atoms with Crippen molar-refractivity contribution in [1.29, 1.82) is 0 Å². The number of fused-ring (bicyclic) bond motifs is 1. The molecule has 0 aliphatic rings. The Bertz CT molecular complexity index is 546. The minimum atomic E-state index is -0.195. The highest BCUT2D eigenvalue weighted by molar-refractivity contribution is 5.73. The topological polar surface area (TPSA) is 70.7 Å². The van der Waals surface area contributed by atoms with Gasteiger partial charge in [0.05, 0.1) is 5.39 Å². The maximum Gasteiger partial charge on any atom is 0.261 e. The van der Waals surface area contributed by atoms with Gasteiger partial charge < -0.3 is 5.32 Å². The molecule has 0 aliphatic carbocycles. The van der Waals surface area contributed by atoms with Crippen LogP contribution < -0.4 is 10.9 Å². The Morgan fingerprint density at radius 3 is 3.27 bits per heavy atom. The molecule has 0 amide bonds. The zero-order valence-electron chi connectivity index (χ0n) is 8.03. The third kappa shape index (κ3) is 1.85. The average Bonchev–Trinajstić information content (AvgIpc) is 2.26. The molecule has 0 aromatic carbocycles. The summed E-state index contributed by atoms with van der Waals surface area (Å²) in [5.74, 6) is 0.408. The smallest absolute Gasteiger partial charge is 0.261 e. The maximum atomic E-state index is 11.6. The molecule has 0 fully saturated rings. The van der Waals surface area contributed by atoms with Crippen molar-refractivity contribution in [2.45, 2.75) is 0 Å². The highest BCUT2D eigenvalue weighted by atomic mass is 16.1. The fourth-order valence-corrected chi connectivity index (χ4v) is 1.22. The molecule has 0 unspecified atom stereocenters. The minimum absolute atomic E-state index is 0.195. The fourth-order valence-electron chi connectivity index (χ4n) is 1.22. The van der Waals surface area contributed by atoms with Gasteiger partial charge in [-0.3, -0.25) is 9.78 Å². The van der Waals surface area contributed by atoms with E-state index in [4.69, 9.17) is 0 Å². The SMILES string of the molecule is C=CCNc1nc2ncccc2c(=O)[nH]1. The molecular formula is C10H10N4O. The Balaban J connectivity index is 2.52. The van der Waals surface area contributed by atoms with Crippen molar-refractivity contribution < 1.29 is 0 Å². The van der Waals surface area contributed by atoms with Crippen molar-refractivity contribution >= 4 is 17.0 Å². The van der Waals surface area contributed by atoms with Crippen LogP contribution in [-0.4, -0.2) is 21.5 Å². The van der Waals surface area contributed by atoms with Gasteiger partial charge in [-0.25, -0.2) is 4.98 Å². The number of nitrogens with one attached hydrogen (secondary N) is 2. The van der Waals surface area contributed by atoms with E-state index >= 15 is 0 Å². The second kappa shape index (κ2) is 3.91. The number of H-pyrrole nitrogens is 1. The average molecular weight is 202 g/mol. The van der Waals surface area contributed by atoms with Gasteiger partial charge in [-0.05, 0) is 12.1 Å². The Kier molecular flexibility index (Phi) is 2.45. The van der Waals surface area contributed by atoms with Gasteiger partial charge in [0.25, 0.3) is 5.56 Å². The highest BCUT2D eigenvalue weighted by Gasteiger charge is 2.02. The van der Waals surface area contributed by atoms with Crippen LogP contribution in [0.2, 0.25) is 0 Å². The summed E-state index contributed by atoms with van der Waals surface area (Å²) in [7, 11) is 0. The molecule has 2 aromatic rings. The summed E-state index contributed by atoms with van der Waals surface area (Å²) in [5.41, 5.74) is 0.243. The van der Waals surface area contributed by atoms with Gasteiger partial charge in [0.1, 0.15) is 0 Å². The van der Waals surface area contributed by atoms with E-state index in [1.165, 1.54) is 0 Å². The molecule has 0 bridgehead atoms. The molecule has 2 N–H and O–H groups in total. The molecule has 2 rings (SSSR count). The molecule has 0 spiro atoms. The number of hydrogen-bond acceptors (Lipinski definition) is 4. The van der Waals surface area contributed by atoms with Gasteiger partial charge in [0, 0.05) is 12.7 Å². The van der Waals surface area contributed by atoms with Crippen LogP contribution in [0.4, 0.5) is 5.95 Å². The van der Waals surface area contributed by atoms with Crippen molar-refractivity contribution in [3.63, 3.8) is 0 Å². The number of aromatic amines is 1. The molecule has 0 atom stereocenters. The van der Waals surface area contributed by atoms with Crippen molar-refractivity contribution in [3.8, 4) is 0 Å². The van der Waals surface area contributed by atoms with Gasteiger partial charge in [-0.2, -0.15) is 4.98 Å². The molecule has 5 nitrogen and oxygen atoms in total. The fraction of sp³-hybridized carbons (Fsp3) is 0.100. The predicted molar refractivity (Wildman–Crippen MR) is 58.8 cm³/mol. The van der Waals surface area contributed by atoms with Crippen LogP contribution in [0.1, 0.15) is 0 Å². The first-order valence-electron chi connectivity index (χ1n) is 4.51. The lowest BCUT2D eigenvalue weighted by molar-refractivity contribution is 1.11. The summed E-state index contributed by atoms with van der Waals surface area (Å²) in [4.78, 5) is 22.3. The summed E-state index contributed by atoms with van der Waals surface area (Å²) in [5, 5.41) is 3.39.